The van der Waals surface area contributed by atoms with Crippen molar-refractivity contribution in [3.05, 3.63) is 0 Å². The van der Waals surface area contributed by atoms with Crippen molar-refractivity contribution in [3.63, 3.8) is 0 Å². The Morgan fingerprint density at radius 3 is 2.19 bits per heavy atom. The number of Topliss-reactive ketones (excluding diaryl/α,β-unsaturated/α-hetero) is 1. The van der Waals surface area contributed by atoms with Gasteiger partial charge < -0.3 is 9.22 Å². The highest BCUT2D eigenvalue weighted by Crippen LogP contribution is 2.37. The van der Waals surface area contributed by atoms with Gasteiger partial charge >= 0.3 is 0 Å². The average Bonchev–Trinajstić information content (AvgIpc) is 2.09. The fourth-order valence-corrected chi connectivity index (χ4v) is 2.45. The molecule has 16 heavy (non-hydrogen) atoms. The molecule has 0 fully saturated rings. The van der Waals surface area contributed by atoms with Gasteiger partial charge in [0.1, 0.15) is 12.4 Å². The predicted molar refractivity (Wildman–Crippen MR) is 68.0 cm³/mol. The fraction of sp³-hybridized carbons (Fsp3) is 0.833. The summed E-state index contributed by atoms with van der Waals surface area (Å²) in [4.78, 5) is 21.8. The Labute approximate surface area is 99.7 Å². The van der Waals surface area contributed by atoms with Crippen molar-refractivity contribution < 1.29 is 14.0 Å². The van der Waals surface area contributed by atoms with Crippen molar-refractivity contribution in [1.82, 2.24) is 0 Å². The van der Waals surface area contributed by atoms with Crippen molar-refractivity contribution in [2.24, 2.45) is 0 Å². The summed E-state index contributed by atoms with van der Waals surface area (Å²) in [6.45, 7) is 12.2. The molecule has 0 saturated carbocycles. The molecular weight excluding hydrogens is 220 g/mol. The summed E-state index contributed by atoms with van der Waals surface area (Å²) >= 11 is 0. The van der Waals surface area contributed by atoms with E-state index in [1.165, 1.54) is 6.92 Å². The number of hydrogen-bond acceptors (Lipinski definition) is 3. The first-order chi connectivity index (χ1) is 7.12. The normalized spacial score (nSPS) is 14.6. The molecule has 0 radical (unpaired) electrons. The van der Waals surface area contributed by atoms with E-state index in [9.17, 15) is 9.59 Å². The first-order valence-corrected chi connectivity index (χ1v) is 8.64. The van der Waals surface area contributed by atoms with Crippen LogP contribution in [-0.4, -0.2) is 26.5 Å². The van der Waals surface area contributed by atoms with Crippen molar-refractivity contribution in [3.8, 4) is 0 Å². The third-order valence-corrected chi connectivity index (χ3v) is 7.73. The summed E-state index contributed by atoms with van der Waals surface area (Å²) < 4.78 is 6.00. The molecule has 0 rings (SSSR count). The quantitative estimate of drug-likeness (QED) is 0.533. The minimum Gasteiger partial charge on any atom is -0.407 e. The maximum absolute atomic E-state index is 11.4. The zero-order valence-corrected chi connectivity index (χ0v) is 12.3. The molecule has 1 atom stereocenters. The van der Waals surface area contributed by atoms with Crippen molar-refractivity contribution in [1.29, 1.82) is 0 Å². The predicted octanol–water partition coefficient (Wildman–Crippen LogP) is 2.94. The van der Waals surface area contributed by atoms with Gasteiger partial charge in [0, 0.05) is 6.42 Å². The van der Waals surface area contributed by atoms with Crippen LogP contribution in [0.15, 0.2) is 0 Å². The number of aldehydes is 1. The van der Waals surface area contributed by atoms with Gasteiger partial charge in [-0.1, -0.05) is 20.8 Å². The van der Waals surface area contributed by atoms with Crippen molar-refractivity contribution >= 4 is 20.4 Å². The van der Waals surface area contributed by atoms with Crippen molar-refractivity contribution in [2.75, 3.05) is 0 Å². The van der Waals surface area contributed by atoms with Crippen LogP contribution < -0.4 is 0 Å². The molecule has 0 amide bonds. The van der Waals surface area contributed by atoms with E-state index >= 15 is 0 Å². The Kier molecular flexibility index (Phi) is 5.56. The lowest BCUT2D eigenvalue weighted by Crippen LogP contribution is -2.45. The Bertz CT molecular complexity index is 253. The molecule has 3 nitrogen and oxygen atoms in total. The summed E-state index contributed by atoms with van der Waals surface area (Å²) in [5, 5.41) is 0.0852. The van der Waals surface area contributed by atoms with Gasteiger partial charge in [0.05, 0.1) is 0 Å². The minimum absolute atomic E-state index is 0.0201. The van der Waals surface area contributed by atoms with Crippen LogP contribution in [0.5, 0.6) is 0 Å². The standard InChI is InChI=1S/C12H24O3Si/c1-10(14)11(8-7-9-13)15-16(5,6)12(2,3)4/h9,11H,7-8H2,1-6H3. The second-order valence-corrected chi connectivity index (χ2v) is 10.5. The monoisotopic (exact) mass is 244 g/mol. The number of hydrogen-bond donors (Lipinski definition) is 0. The van der Waals surface area contributed by atoms with E-state index < -0.39 is 14.4 Å². The number of ketones is 1. The fourth-order valence-electron chi connectivity index (χ4n) is 1.10. The molecule has 0 saturated heterocycles. The molecule has 0 heterocycles. The van der Waals surface area contributed by atoms with Gasteiger partial charge in [-0.05, 0) is 31.5 Å². The molecule has 0 aromatic carbocycles. The number of carbonyl (C=O) groups is 2. The van der Waals surface area contributed by atoms with Crippen LogP contribution in [-0.2, 0) is 14.0 Å². The maximum atomic E-state index is 11.4. The van der Waals surface area contributed by atoms with E-state index in [0.717, 1.165) is 6.29 Å². The first kappa shape index (κ1) is 15.5. The van der Waals surface area contributed by atoms with E-state index in [-0.39, 0.29) is 10.8 Å². The van der Waals surface area contributed by atoms with E-state index in [2.05, 4.69) is 33.9 Å². The molecule has 0 aromatic rings. The smallest absolute Gasteiger partial charge is 0.193 e. The highest BCUT2D eigenvalue weighted by atomic mass is 28.4. The summed E-state index contributed by atoms with van der Waals surface area (Å²) in [5.74, 6) is 0.0201. The Morgan fingerprint density at radius 1 is 1.38 bits per heavy atom. The molecular formula is C12H24O3Si. The molecule has 0 N–H and O–H groups in total. The molecule has 0 aliphatic heterocycles. The summed E-state index contributed by atoms with van der Waals surface area (Å²) in [7, 11) is -1.92. The lowest BCUT2D eigenvalue weighted by atomic mass is 10.1. The molecule has 0 aromatic heterocycles. The largest absolute Gasteiger partial charge is 0.407 e. The van der Waals surface area contributed by atoms with Gasteiger partial charge in [0.2, 0.25) is 0 Å². The van der Waals surface area contributed by atoms with Crippen LogP contribution in [0, 0.1) is 0 Å². The zero-order chi connectivity index (χ0) is 13.0. The molecule has 0 bridgehead atoms. The van der Waals surface area contributed by atoms with Crippen LogP contribution in [0.25, 0.3) is 0 Å². The van der Waals surface area contributed by atoms with Gasteiger partial charge in [-0.15, -0.1) is 0 Å². The molecule has 4 heteroatoms. The van der Waals surface area contributed by atoms with Crippen molar-refractivity contribution in [2.45, 2.75) is 64.8 Å². The van der Waals surface area contributed by atoms with Gasteiger partial charge in [-0.25, -0.2) is 0 Å². The van der Waals surface area contributed by atoms with Gasteiger partial charge in [0.25, 0.3) is 0 Å². The summed E-state index contributed by atoms with van der Waals surface area (Å²) in [6.07, 6.45) is 1.32. The molecule has 0 aliphatic rings. The Hall–Kier alpha value is -0.483. The molecule has 94 valence electrons. The highest BCUT2D eigenvalue weighted by molar-refractivity contribution is 6.74. The number of carbonyl (C=O) groups excluding carboxylic acids is 2. The highest BCUT2D eigenvalue weighted by Gasteiger charge is 2.39. The van der Waals surface area contributed by atoms with Crippen LogP contribution in [0.4, 0.5) is 0 Å². The third-order valence-electron chi connectivity index (χ3n) is 3.24. The van der Waals surface area contributed by atoms with Gasteiger partial charge in [-0.2, -0.15) is 0 Å². The van der Waals surface area contributed by atoms with E-state index in [0.29, 0.717) is 12.8 Å². The average molecular weight is 244 g/mol. The lowest BCUT2D eigenvalue weighted by molar-refractivity contribution is -0.124. The van der Waals surface area contributed by atoms with Crippen LogP contribution in [0.3, 0.4) is 0 Å². The second kappa shape index (κ2) is 5.73. The zero-order valence-electron chi connectivity index (χ0n) is 11.3. The first-order valence-electron chi connectivity index (χ1n) is 5.73. The molecule has 1 unspecified atom stereocenters. The molecule has 0 spiro atoms. The second-order valence-electron chi connectivity index (χ2n) is 5.72. The third kappa shape index (κ3) is 4.57. The van der Waals surface area contributed by atoms with E-state index in [4.69, 9.17) is 4.43 Å². The minimum atomic E-state index is -1.92. The maximum Gasteiger partial charge on any atom is 0.193 e. The van der Waals surface area contributed by atoms with Gasteiger partial charge in [0.15, 0.2) is 14.1 Å². The van der Waals surface area contributed by atoms with E-state index in [1.807, 2.05) is 0 Å². The SMILES string of the molecule is CC(=O)C(CCC=O)O[Si](C)(C)C(C)(C)C. The lowest BCUT2D eigenvalue weighted by Gasteiger charge is -2.38. The Morgan fingerprint density at radius 2 is 1.88 bits per heavy atom. The van der Waals surface area contributed by atoms with Crippen LogP contribution in [0.1, 0.15) is 40.5 Å². The summed E-state index contributed by atoms with van der Waals surface area (Å²) in [6, 6.07) is 0. The Balaban J connectivity index is 4.62. The van der Waals surface area contributed by atoms with Crippen LogP contribution >= 0.6 is 0 Å². The van der Waals surface area contributed by atoms with Crippen LogP contribution in [0.2, 0.25) is 18.1 Å². The van der Waals surface area contributed by atoms with Gasteiger partial charge in [-0.3, -0.25) is 4.79 Å². The van der Waals surface area contributed by atoms with E-state index in [1.54, 1.807) is 0 Å². The topological polar surface area (TPSA) is 43.4 Å². The number of rotatable bonds is 6. The summed E-state index contributed by atoms with van der Waals surface area (Å²) in [5.41, 5.74) is 0. The molecule has 0 aliphatic carbocycles.